The van der Waals surface area contributed by atoms with Crippen molar-refractivity contribution in [3.8, 4) is 0 Å². The summed E-state index contributed by atoms with van der Waals surface area (Å²) < 4.78 is 0. The molecule has 0 unspecified atom stereocenters. The Hall–Kier alpha value is -2.11. The third-order valence-electron chi connectivity index (χ3n) is 4.95. The first-order valence-corrected chi connectivity index (χ1v) is 9.50. The minimum atomic E-state index is 0.476. The Morgan fingerprint density at radius 3 is 2.32 bits per heavy atom. The van der Waals surface area contributed by atoms with E-state index in [0.29, 0.717) is 17.9 Å². The zero-order chi connectivity index (χ0) is 17.6. The van der Waals surface area contributed by atoms with Gasteiger partial charge in [-0.15, -0.1) is 0 Å². The molecule has 0 radical (unpaired) electrons. The van der Waals surface area contributed by atoms with Crippen LogP contribution in [0.1, 0.15) is 49.7 Å². The first-order chi connectivity index (χ1) is 12.1. The largest absolute Gasteiger partial charge is 0.351 e. The molecular weight excluding hydrogens is 309 g/mol. The standard InChI is InChI=1S/C19H28BN5/c1-13-10-11-16(12-14(13)2)22-19-24-17(20-3)23-18(25-19)21-15-8-6-4-5-7-9-15/h10-12,15,20H,4-9H2,1-3H3,(H2,21,22,23,24,25). The Labute approximate surface area is 151 Å². The molecule has 132 valence electrons. The van der Waals surface area contributed by atoms with Crippen molar-refractivity contribution in [2.45, 2.75) is 65.2 Å². The topological polar surface area (TPSA) is 62.7 Å². The quantitative estimate of drug-likeness (QED) is 0.646. The van der Waals surface area contributed by atoms with Gasteiger partial charge in [0.1, 0.15) is 0 Å². The number of rotatable bonds is 5. The predicted octanol–water partition coefficient (Wildman–Crippen LogP) is 3.48. The molecule has 0 saturated heterocycles. The van der Waals surface area contributed by atoms with Crippen LogP contribution in [0.25, 0.3) is 0 Å². The summed E-state index contributed by atoms with van der Waals surface area (Å²) in [6.07, 6.45) is 7.67. The number of benzene rings is 1. The fourth-order valence-corrected chi connectivity index (χ4v) is 3.25. The van der Waals surface area contributed by atoms with E-state index in [9.17, 15) is 0 Å². The Kier molecular flexibility index (Phi) is 5.89. The van der Waals surface area contributed by atoms with Crippen molar-refractivity contribution in [3.05, 3.63) is 29.3 Å². The van der Waals surface area contributed by atoms with Gasteiger partial charge in [0, 0.05) is 11.7 Å². The maximum Gasteiger partial charge on any atom is 0.231 e. The van der Waals surface area contributed by atoms with Crippen LogP contribution in [0.4, 0.5) is 17.6 Å². The van der Waals surface area contributed by atoms with E-state index in [1.807, 2.05) is 0 Å². The lowest BCUT2D eigenvalue weighted by Crippen LogP contribution is -2.27. The molecule has 2 N–H and O–H groups in total. The number of aromatic nitrogens is 3. The van der Waals surface area contributed by atoms with Gasteiger partial charge in [0.25, 0.3) is 0 Å². The van der Waals surface area contributed by atoms with E-state index in [4.69, 9.17) is 0 Å². The minimum absolute atomic E-state index is 0.476. The van der Waals surface area contributed by atoms with Crippen LogP contribution >= 0.6 is 0 Å². The first-order valence-electron chi connectivity index (χ1n) is 9.50. The highest BCUT2D eigenvalue weighted by Crippen LogP contribution is 2.21. The second-order valence-corrected chi connectivity index (χ2v) is 7.01. The second kappa shape index (κ2) is 8.32. The van der Waals surface area contributed by atoms with Crippen LogP contribution in [0, 0.1) is 13.8 Å². The minimum Gasteiger partial charge on any atom is -0.351 e. The summed E-state index contributed by atoms with van der Waals surface area (Å²) in [7, 11) is 0.795. The number of anilines is 3. The van der Waals surface area contributed by atoms with Crippen molar-refractivity contribution in [1.82, 2.24) is 15.0 Å². The maximum atomic E-state index is 4.61. The molecule has 1 heterocycles. The van der Waals surface area contributed by atoms with Gasteiger partial charge in [0.05, 0.1) is 5.72 Å². The fourth-order valence-electron chi connectivity index (χ4n) is 3.25. The van der Waals surface area contributed by atoms with Crippen molar-refractivity contribution in [3.63, 3.8) is 0 Å². The normalized spacial score (nSPS) is 15.5. The second-order valence-electron chi connectivity index (χ2n) is 7.01. The zero-order valence-electron chi connectivity index (χ0n) is 15.6. The van der Waals surface area contributed by atoms with Crippen molar-refractivity contribution in [2.75, 3.05) is 10.6 Å². The highest BCUT2D eigenvalue weighted by atomic mass is 15.2. The molecule has 6 heteroatoms. The number of hydrogen-bond donors (Lipinski definition) is 2. The van der Waals surface area contributed by atoms with Gasteiger partial charge in [-0.2, -0.15) is 4.98 Å². The molecule has 0 bridgehead atoms. The number of nitrogens with one attached hydrogen (secondary N) is 2. The Balaban J connectivity index is 1.77. The SMILES string of the molecule is CBc1nc(Nc2ccc(C)c(C)c2)nc(NC2CCCCCC2)n1. The third kappa shape index (κ3) is 4.94. The molecular formula is C19H28BN5. The van der Waals surface area contributed by atoms with E-state index in [1.54, 1.807) is 0 Å². The summed E-state index contributed by atoms with van der Waals surface area (Å²) in [5.41, 5.74) is 4.37. The molecule has 0 aliphatic heterocycles. The van der Waals surface area contributed by atoms with Crippen molar-refractivity contribution in [1.29, 1.82) is 0 Å². The molecule has 0 spiro atoms. The Bertz CT molecular complexity index is 711. The molecule has 5 nitrogen and oxygen atoms in total. The van der Waals surface area contributed by atoms with Gasteiger partial charge in [0.2, 0.25) is 19.2 Å². The average molecular weight is 337 g/mol. The highest BCUT2D eigenvalue weighted by Gasteiger charge is 2.14. The molecule has 3 rings (SSSR count). The van der Waals surface area contributed by atoms with Crippen LogP contribution in [-0.4, -0.2) is 28.3 Å². The summed E-state index contributed by atoms with van der Waals surface area (Å²) in [4.78, 5) is 13.7. The molecule has 1 fully saturated rings. The van der Waals surface area contributed by atoms with Crippen LogP contribution in [0.15, 0.2) is 18.2 Å². The molecule has 1 aromatic heterocycles. The smallest absolute Gasteiger partial charge is 0.231 e. The monoisotopic (exact) mass is 337 g/mol. The molecule has 1 aliphatic carbocycles. The fraction of sp³-hybridized carbons (Fsp3) is 0.526. The van der Waals surface area contributed by atoms with Crippen LogP contribution in [0.5, 0.6) is 0 Å². The lowest BCUT2D eigenvalue weighted by molar-refractivity contribution is 0.615. The number of nitrogens with zero attached hydrogens (tertiary/aromatic N) is 3. The van der Waals surface area contributed by atoms with Crippen LogP contribution < -0.4 is 16.4 Å². The highest BCUT2D eigenvalue weighted by molar-refractivity contribution is 6.49. The lowest BCUT2D eigenvalue weighted by Gasteiger charge is -2.17. The summed E-state index contributed by atoms with van der Waals surface area (Å²) in [5.74, 6) is 1.32. The van der Waals surface area contributed by atoms with Gasteiger partial charge in [-0.25, -0.2) is 9.97 Å². The van der Waals surface area contributed by atoms with Gasteiger partial charge in [-0.1, -0.05) is 38.6 Å². The molecule has 1 aliphatic rings. The molecule has 1 aromatic carbocycles. The summed E-state index contributed by atoms with van der Waals surface area (Å²) in [5, 5.41) is 6.87. The van der Waals surface area contributed by atoms with E-state index in [-0.39, 0.29) is 0 Å². The Morgan fingerprint density at radius 1 is 0.920 bits per heavy atom. The van der Waals surface area contributed by atoms with Crippen LogP contribution in [0.2, 0.25) is 6.82 Å². The van der Waals surface area contributed by atoms with Crippen molar-refractivity contribution in [2.24, 2.45) is 0 Å². The number of hydrogen-bond acceptors (Lipinski definition) is 5. The van der Waals surface area contributed by atoms with Gasteiger partial charge in [-0.05, 0) is 49.9 Å². The first kappa shape index (κ1) is 17.7. The molecule has 2 aromatic rings. The molecule has 25 heavy (non-hydrogen) atoms. The van der Waals surface area contributed by atoms with E-state index in [0.717, 1.165) is 18.7 Å². The summed E-state index contributed by atoms with van der Waals surface area (Å²) >= 11 is 0. The molecule has 0 atom stereocenters. The lowest BCUT2D eigenvalue weighted by atomic mass is 9.81. The van der Waals surface area contributed by atoms with Gasteiger partial charge < -0.3 is 10.6 Å². The predicted molar refractivity (Wildman–Crippen MR) is 107 cm³/mol. The zero-order valence-corrected chi connectivity index (χ0v) is 15.6. The van der Waals surface area contributed by atoms with E-state index in [1.165, 1.54) is 49.7 Å². The van der Waals surface area contributed by atoms with Gasteiger partial charge >= 0.3 is 0 Å². The van der Waals surface area contributed by atoms with Crippen LogP contribution in [-0.2, 0) is 0 Å². The van der Waals surface area contributed by atoms with Gasteiger partial charge in [0.15, 0.2) is 0 Å². The number of aryl methyl sites for hydroxylation is 2. The summed E-state index contributed by atoms with van der Waals surface area (Å²) in [6.45, 7) is 6.31. The van der Waals surface area contributed by atoms with E-state index >= 15 is 0 Å². The Morgan fingerprint density at radius 2 is 1.64 bits per heavy atom. The van der Waals surface area contributed by atoms with Crippen LogP contribution in [0.3, 0.4) is 0 Å². The average Bonchev–Trinajstić information content (AvgIpc) is 2.86. The molecule has 0 amide bonds. The third-order valence-corrected chi connectivity index (χ3v) is 4.95. The molecule has 1 saturated carbocycles. The van der Waals surface area contributed by atoms with Crippen molar-refractivity contribution >= 4 is 30.6 Å². The van der Waals surface area contributed by atoms with Crippen molar-refractivity contribution < 1.29 is 0 Å². The van der Waals surface area contributed by atoms with E-state index in [2.05, 4.69) is 64.5 Å². The maximum absolute atomic E-state index is 4.61. The van der Waals surface area contributed by atoms with Gasteiger partial charge in [-0.3, -0.25) is 0 Å². The summed E-state index contributed by atoms with van der Waals surface area (Å²) in [6, 6.07) is 6.79. The van der Waals surface area contributed by atoms with E-state index < -0.39 is 0 Å².